The molecule has 0 saturated heterocycles. The Kier molecular flexibility index (Phi) is 14.9. The molecule has 0 radical (unpaired) electrons. The molecule has 2 nitrogen and oxygen atoms in total. The third-order valence-corrected chi connectivity index (χ3v) is 1.17. The maximum atomic E-state index is 8.64. The molecule has 0 saturated carbocycles. The van der Waals surface area contributed by atoms with Crippen molar-refractivity contribution in [1.29, 1.82) is 0 Å². The van der Waals surface area contributed by atoms with Crippen LogP contribution in [0.2, 0.25) is 0 Å². The van der Waals surface area contributed by atoms with Crippen molar-refractivity contribution >= 4 is 0 Å². The van der Waals surface area contributed by atoms with Gasteiger partial charge in [-0.05, 0) is 13.5 Å². The first-order valence-electron chi connectivity index (χ1n) is 4.30. The SMILES string of the molecule is CC.CC/C=C/C(CO)NC. The smallest absolute Gasteiger partial charge is 0.0620 e. The minimum atomic E-state index is 0.130. The van der Waals surface area contributed by atoms with Gasteiger partial charge in [0, 0.05) is 6.04 Å². The van der Waals surface area contributed by atoms with Crippen LogP contribution < -0.4 is 5.32 Å². The Morgan fingerprint density at radius 3 is 2.27 bits per heavy atom. The van der Waals surface area contributed by atoms with Crippen LogP contribution in [-0.4, -0.2) is 24.8 Å². The lowest BCUT2D eigenvalue weighted by Crippen LogP contribution is -2.26. The van der Waals surface area contributed by atoms with E-state index in [1.54, 1.807) is 0 Å². The Labute approximate surface area is 70.3 Å². The number of allylic oxidation sites excluding steroid dienone is 1. The number of likely N-dealkylation sites (N-methyl/N-ethyl adjacent to an activating group) is 1. The van der Waals surface area contributed by atoms with Gasteiger partial charge in [0.05, 0.1) is 6.61 Å². The highest BCUT2D eigenvalue weighted by atomic mass is 16.3. The minimum Gasteiger partial charge on any atom is -0.394 e. The normalized spacial score (nSPS) is 12.5. The Bertz CT molecular complexity index is 77.6. The van der Waals surface area contributed by atoms with Crippen molar-refractivity contribution in [3.63, 3.8) is 0 Å². The van der Waals surface area contributed by atoms with E-state index in [-0.39, 0.29) is 12.6 Å². The van der Waals surface area contributed by atoms with Crippen LogP contribution in [0.3, 0.4) is 0 Å². The van der Waals surface area contributed by atoms with Crippen LogP contribution in [0.1, 0.15) is 27.2 Å². The van der Waals surface area contributed by atoms with E-state index in [1.165, 1.54) is 0 Å². The van der Waals surface area contributed by atoms with E-state index < -0.39 is 0 Å². The van der Waals surface area contributed by atoms with E-state index in [1.807, 2.05) is 33.0 Å². The summed E-state index contributed by atoms with van der Waals surface area (Å²) >= 11 is 0. The van der Waals surface area contributed by atoms with Gasteiger partial charge in [0.25, 0.3) is 0 Å². The Morgan fingerprint density at radius 2 is 2.00 bits per heavy atom. The summed E-state index contributed by atoms with van der Waals surface area (Å²) in [7, 11) is 1.83. The summed E-state index contributed by atoms with van der Waals surface area (Å²) < 4.78 is 0. The molecule has 0 fully saturated rings. The fraction of sp³-hybridized carbons (Fsp3) is 0.778. The fourth-order valence-electron chi connectivity index (χ4n) is 0.549. The van der Waals surface area contributed by atoms with E-state index in [0.717, 1.165) is 6.42 Å². The Hall–Kier alpha value is -0.340. The second-order valence-electron chi connectivity index (χ2n) is 1.91. The monoisotopic (exact) mass is 159 g/mol. The Balaban J connectivity index is 0. The average molecular weight is 159 g/mol. The third-order valence-electron chi connectivity index (χ3n) is 1.17. The lowest BCUT2D eigenvalue weighted by molar-refractivity contribution is 0.270. The molecule has 68 valence electrons. The van der Waals surface area contributed by atoms with Crippen LogP contribution >= 0.6 is 0 Å². The second-order valence-corrected chi connectivity index (χ2v) is 1.91. The fourth-order valence-corrected chi connectivity index (χ4v) is 0.549. The third kappa shape index (κ3) is 9.66. The summed E-state index contributed by atoms with van der Waals surface area (Å²) in [6.07, 6.45) is 5.04. The molecule has 0 aliphatic heterocycles. The lowest BCUT2D eigenvalue weighted by Gasteiger charge is -2.05. The standard InChI is InChI=1S/C7H15NO.C2H6/c1-3-4-5-7(6-9)8-2;1-2/h4-5,7-9H,3,6H2,1-2H3;1-2H3/b5-4+;. The molecule has 0 heterocycles. The molecule has 1 unspecified atom stereocenters. The quantitative estimate of drug-likeness (QED) is 0.610. The number of rotatable bonds is 4. The molecule has 2 heteroatoms. The van der Waals surface area contributed by atoms with Gasteiger partial charge in [-0.2, -0.15) is 0 Å². The molecule has 0 aliphatic carbocycles. The van der Waals surface area contributed by atoms with Gasteiger partial charge < -0.3 is 10.4 Å². The zero-order chi connectivity index (χ0) is 9.11. The maximum absolute atomic E-state index is 8.64. The predicted octanol–water partition coefficient (Wildman–Crippen LogP) is 1.56. The largest absolute Gasteiger partial charge is 0.394 e. The van der Waals surface area contributed by atoms with Gasteiger partial charge in [-0.1, -0.05) is 32.9 Å². The lowest BCUT2D eigenvalue weighted by atomic mass is 10.2. The Morgan fingerprint density at radius 1 is 1.45 bits per heavy atom. The molecule has 0 aromatic heterocycles. The minimum absolute atomic E-state index is 0.130. The highest BCUT2D eigenvalue weighted by Gasteiger charge is 1.94. The number of hydrogen-bond donors (Lipinski definition) is 2. The maximum Gasteiger partial charge on any atom is 0.0620 e. The predicted molar refractivity (Wildman–Crippen MR) is 50.7 cm³/mol. The highest BCUT2D eigenvalue weighted by Crippen LogP contribution is 1.85. The van der Waals surface area contributed by atoms with E-state index >= 15 is 0 Å². The van der Waals surface area contributed by atoms with Crippen molar-refractivity contribution in [3.8, 4) is 0 Å². The van der Waals surface area contributed by atoms with Crippen LogP contribution in [0.5, 0.6) is 0 Å². The van der Waals surface area contributed by atoms with Gasteiger partial charge >= 0.3 is 0 Å². The first-order chi connectivity index (χ1) is 5.35. The second kappa shape index (κ2) is 12.3. The molecular formula is C9H21NO. The van der Waals surface area contributed by atoms with Gasteiger partial charge in [-0.25, -0.2) is 0 Å². The van der Waals surface area contributed by atoms with Gasteiger partial charge in [0.15, 0.2) is 0 Å². The topological polar surface area (TPSA) is 32.3 Å². The van der Waals surface area contributed by atoms with Crippen molar-refractivity contribution in [2.75, 3.05) is 13.7 Å². The first kappa shape index (κ1) is 13.3. The van der Waals surface area contributed by atoms with Gasteiger partial charge in [-0.15, -0.1) is 0 Å². The molecule has 0 amide bonds. The average Bonchev–Trinajstić information content (AvgIpc) is 2.10. The van der Waals surface area contributed by atoms with Crippen molar-refractivity contribution < 1.29 is 5.11 Å². The molecule has 0 aromatic carbocycles. The van der Waals surface area contributed by atoms with Gasteiger partial charge in [0.2, 0.25) is 0 Å². The number of aliphatic hydroxyl groups is 1. The van der Waals surface area contributed by atoms with E-state index in [9.17, 15) is 0 Å². The first-order valence-corrected chi connectivity index (χ1v) is 4.30. The molecule has 1 atom stereocenters. The molecule has 11 heavy (non-hydrogen) atoms. The zero-order valence-electron chi connectivity index (χ0n) is 8.09. The number of aliphatic hydroxyl groups excluding tert-OH is 1. The molecule has 0 spiro atoms. The van der Waals surface area contributed by atoms with Gasteiger partial charge in [0.1, 0.15) is 0 Å². The van der Waals surface area contributed by atoms with Crippen LogP contribution in [0, 0.1) is 0 Å². The number of nitrogens with one attached hydrogen (secondary N) is 1. The van der Waals surface area contributed by atoms with Crippen molar-refractivity contribution in [2.24, 2.45) is 0 Å². The molecule has 0 aromatic rings. The molecular weight excluding hydrogens is 138 g/mol. The summed E-state index contributed by atoms with van der Waals surface area (Å²) in [5, 5.41) is 11.6. The van der Waals surface area contributed by atoms with Crippen LogP contribution in [-0.2, 0) is 0 Å². The van der Waals surface area contributed by atoms with E-state index in [0.29, 0.717) is 0 Å². The van der Waals surface area contributed by atoms with Crippen LogP contribution in [0.4, 0.5) is 0 Å². The van der Waals surface area contributed by atoms with Gasteiger partial charge in [-0.3, -0.25) is 0 Å². The molecule has 2 N–H and O–H groups in total. The summed E-state index contributed by atoms with van der Waals surface area (Å²) in [6, 6.07) is 0.130. The summed E-state index contributed by atoms with van der Waals surface area (Å²) in [5.41, 5.74) is 0. The van der Waals surface area contributed by atoms with Crippen molar-refractivity contribution in [1.82, 2.24) is 5.32 Å². The summed E-state index contributed by atoms with van der Waals surface area (Å²) in [5.74, 6) is 0. The molecule has 0 aliphatic rings. The molecule has 0 bridgehead atoms. The van der Waals surface area contributed by atoms with E-state index in [2.05, 4.69) is 12.2 Å². The van der Waals surface area contributed by atoms with E-state index in [4.69, 9.17) is 5.11 Å². The van der Waals surface area contributed by atoms with Crippen molar-refractivity contribution in [3.05, 3.63) is 12.2 Å². The zero-order valence-corrected chi connectivity index (χ0v) is 8.09. The highest BCUT2D eigenvalue weighted by molar-refractivity contribution is 4.91. The van der Waals surface area contributed by atoms with Crippen LogP contribution in [0.25, 0.3) is 0 Å². The van der Waals surface area contributed by atoms with Crippen LogP contribution in [0.15, 0.2) is 12.2 Å². The van der Waals surface area contributed by atoms with Crippen molar-refractivity contribution in [2.45, 2.75) is 33.2 Å². The summed E-state index contributed by atoms with van der Waals surface area (Å²) in [6.45, 7) is 6.24. The molecule has 0 rings (SSSR count). The summed E-state index contributed by atoms with van der Waals surface area (Å²) in [4.78, 5) is 0. The number of hydrogen-bond acceptors (Lipinski definition) is 2.